The van der Waals surface area contributed by atoms with Gasteiger partial charge in [-0.2, -0.15) is 10.2 Å². The molecule has 1 N–H and O–H groups in total. The number of nitrogens with one attached hydrogen (secondary N) is 1. The van der Waals surface area contributed by atoms with Crippen LogP contribution in [0.4, 0.5) is 11.6 Å². The van der Waals surface area contributed by atoms with E-state index in [4.69, 9.17) is 11.6 Å². The number of rotatable bonds is 5. The summed E-state index contributed by atoms with van der Waals surface area (Å²) in [5.41, 5.74) is 2.46. The van der Waals surface area contributed by atoms with Crippen LogP contribution in [-0.4, -0.2) is 37.9 Å². The van der Waals surface area contributed by atoms with Gasteiger partial charge >= 0.3 is 0 Å². The molecule has 1 aliphatic rings. The lowest BCUT2D eigenvalue weighted by Gasteiger charge is -2.27. The molecule has 156 valence electrons. The van der Waals surface area contributed by atoms with Gasteiger partial charge in [-0.05, 0) is 25.5 Å². The number of carbonyl (C=O) groups is 2. The van der Waals surface area contributed by atoms with Crippen LogP contribution in [0.3, 0.4) is 0 Å². The van der Waals surface area contributed by atoms with Crippen molar-refractivity contribution in [2.24, 2.45) is 7.05 Å². The van der Waals surface area contributed by atoms with E-state index in [2.05, 4.69) is 15.5 Å². The number of amides is 2. The molecule has 0 atom stereocenters. The summed E-state index contributed by atoms with van der Waals surface area (Å²) >= 11 is 6.05. The van der Waals surface area contributed by atoms with Crippen LogP contribution >= 0.6 is 11.6 Å². The molecule has 2 amide bonds. The first kappa shape index (κ1) is 20.2. The quantitative estimate of drug-likeness (QED) is 0.677. The lowest BCUT2D eigenvalue weighted by molar-refractivity contribution is -0.122. The van der Waals surface area contributed by atoms with Crippen LogP contribution in [0.25, 0.3) is 11.3 Å². The van der Waals surface area contributed by atoms with E-state index in [1.165, 1.54) is 0 Å². The van der Waals surface area contributed by atoms with E-state index in [0.29, 0.717) is 23.1 Å². The Labute approximate surface area is 179 Å². The van der Waals surface area contributed by atoms with Gasteiger partial charge < -0.3 is 5.32 Å². The molecule has 0 radical (unpaired) electrons. The van der Waals surface area contributed by atoms with Crippen molar-refractivity contribution in [2.75, 3.05) is 16.8 Å². The zero-order valence-electron chi connectivity index (χ0n) is 16.9. The maximum atomic E-state index is 12.7. The van der Waals surface area contributed by atoms with Crippen molar-refractivity contribution in [3.8, 4) is 11.3 Å². The molecule has 0 saturated carbocycles. The topological polar surface area (TPSA) is 85.1 Å². The standard InChI is InChI=1S/C21H23ClN6O2/c1-14-11-20-27(9-4-10-28(20)24-14)21(30)8-7-19(29)23-18-13-17(25-26(18)2)15-5-3-6-16(22)12-15/h3,5-6,11-13H,4,7-10H2,1-2H3,(H,23,29). The molecule has 0 fully saturated rings. The molecule has 3 aromatic rings. The predicted molar refractivity (Wildman–Crippen MR) is 115 cm³/mol. The minimum absolute atomic E-state index is 0.0735. The number of anilines is 2. The summed E-state index contributed by atoms with van der Waals surface area (Å²) in [6.07, 6.45) is 1.09. The second-order valence-electron chi connectivity index (χ2n) is 7.36. The third-order valence-corrected chi connectivity index (χ3v) is 5.28. The van der Waals surface area contributed by atoms with Crippen molar-refractivity contribution in [2.45, 2.75) is 32.7 Å². The number of carbonyl (C=O) groups excluding carboxylic acids is 2. The maximum absolute atomic E-state index is 12.7. The Kier molecular flexibility index (Phi) is 5.59. The highest BCUT2D eigenvalue weighted by atomic mass is 35.5. The first-order chi connectivity index (χ1) is 14.4. The molecule has 1 aromatic carbocycles. The first-order valence-electron chi connectivity index (χ1n) is 9.85. The minimum Gasteiger partial charge on any atom is -0.311 e. The van der Waals surface area contributed by atoms with Crippen molar-refractivity contribution >= 4 is 35.1 Å². The largest absolute Gasteiger partial charge is 0.311 e. The van der Waals surface area contributed by atoms with Crippen molar-refractivity contribution < 1.29 is 9.59 Å². The van der Waals surface area contributed by atoms with Gasteiger partial charge in [0.1, 0.15) is 11.6 Å². The average Bonchev–Trinajstić information content (AvgIpc) is 3.27. The molecule has 0 spiro atoms. The van der Waals surface area contributed by atoms with Gasteiger partial charge in [-0.15, -0.1) is 0 Å². The van der Waals surface area contributed by atoms with Crippen LogP contribution in [0.5, 0.6) is 0 Å². The molecule has 2 aromatic heterocycles. The van der Waals surface area contributed by atoms with E-state index in [9.17, 15) is 9.59 Å². The van der Waals surface area contributed by atoms with E-state index < -0.39 is 0 Å². The SMILES string of the molecule is Cc1cc2n(n1)CCCN2C(=O)CCC(=O)Nc1cc(-c2cccc(Cl)c2)nn1C. The van der Waals surface area contributed by atoms with Gasteiger partial charge in [0.2, 0.25) is 11.8 Å². The molecule has 9 heteroatoms. The van der Waals surface area contributed by atoms with E-state index in [0.717, 1.165) is 30.0 Å². The summed E-state index contributed by atoms with van der Waals surface area (Å²) in [6.45, 7) is 3.37. The van der Waals surface area contributed by atoms with Crippen LogP contribution < -0.4 is 10.2 Å². The minimum atomic E-state index is -0.231. The van der Waals surface area contributed by atoms with Crippen molar-refractivity contribution in [1.82, 2.24) is 19.6 Å². The number of aryl methyl sites for hydroxylation is 3. The molecule has 0 saturated heterocycles. The fourth-order valence-corrected chi connectivity index (χ4v) is 3.78. The number of benzene rings is 1. The fourth-order valence-electron chi connectivity index (χ4n) is 3.59. The second kappa shape index (κ2) is 8.31. The third kappa shape index (κ3) is 4.23. The van der Waals surface area contributed by atoms with Gasteiger partial charge in [0.05, 0.1) is 11.4 Å². The highest BCUT2D eigenvalue weighted by Gasteiger charge is 2.24. The van der Waals surface area contributed by atoms with Crippen LogP contribution in [-0.2, 0) is 23.2 Å². The van der Waals surface area contributed by atoms with Crippen molar-refractivity contribution in [3.05, 3.63) is 47.1 Å². The van der Waals surface area contributed by atoms with E-state index in [1.54, 1.807) is 28.8 Å². The van der Waals surface area contributed by atoms with Gasteiger partial charge in [0.25, 0.3) is 0 Å². The van der Waals surface area contributed by atoms with Gasteiger partial charge in [0, 0.05) is 55.7 Å². The number of halogens is 1. The molecule has 3 heterocycles. The Morgan fingerprint density at radius 2 is 1.97 bits per heavy atom. The summed E-state index contributed by atoms with van der Waals surface area (Å²) < 4.78 is 3.45. The molecule has 0 unspecified atom stereocenters. The van der Waals surface area contributed by atoms with E-state index in [1.807, 2.05) is 35.9 Å². The third-order valence-electron chi connectivity index (χ3n) is 5.04. The Morgan fingerprint density at radius 1 is 1.13 bits per heavy atom. The zero-order chi connectivity index (χ0) is 21.3. The fraction of sp³-hybridized carbons (Fsp3) is 0.333. The Balaban J connectivity index is 1.37. The molecule has 1 aliphatic heterocycles. The Bertz CT molecular complexity index is 1100. The molecule has 8 nitrogen and oxygen atoms in total. The van der Waals surface area contributed by atoms with Gasteiger partial charge in [0.15, 0.2) is 0 Å². The highest BCUT2D eigenvalue weighted by Crippen LogP contribution is 2.25. The first-order valence-corrected chi connectivity index (χ1v) is 10.2. The summed E-state index contributed by atoms with van der Waals surface area (Å²) in [7, 11) is 1.76. The maximum Gasteiger partial charge on any atom is 0.228 e. The highest BCUT2D eigenvalue weighted by molar-refractivity contribution is 6.30. The molecular formula is C21H23ClN6O2. The summed E-state index contributed by atoms with van der Waals surface area (Å²) in [5.74, 6) is 1.07. The van der Waals surface area contributed by atoms with Crippen LogP contribution in [0.15, 0.2) is 36.4 Å². The van der Waals surface area contributed by atoms with Crippen molar-refractivity contribution in [3.63, 3.8) is 0 Å². The average molecular weight is 427 g/mol. The molecule has 30 heavy (non-hydrogen) atoms. The monoisotopic (exact) mass is 426 g/mol. The Morgan fingerprint density at radius 3 is 2.77 bits per heavy atom. The van der Waals surface area contributed by atoms with Crippen molar-refractivity contribution in [1.29, 1.82) is 0 Å². The summed E-state index contributed by atoms with van der Waals surface area (Å²) in [6, 6.07) is 11.1. The van der Waals surface area contributed by atoms with Crippen LogP contribution in [0, 0.1) is 6.92 Å². The van der Waals surface area contributed by atoms with Crippen LogP contribution in [0.2, 0.25) is 5.02 Å². The smallest absolute Gasteiger partial charge is 0.228 e. The van der Waals surface area contributed by atoms with Gasteiger partial charge in [-0.3, -0.25) is 19.2 Å². The van der Waals surface area contributed by atoms with Crippen LogP contribution in [0.1, 0.15) is 25.0 Å². The molecule has 4 rings (SSSR count). The Hall–Kier alpha value is -3.13. The van der Waals surface area contributed by atoms with Gasteiger partial charge in [-0.25, -0.2) is 4.68 Å². The predicted octanol–water partition coefficient (Wildman–Crippen LogP) is 3.40. The normalized spacial score (nSPS) is 13.2. The molecule has 0 bridgehead atoms. The zero-order valence-corrected chi connectivity index (χ0v) is 17.7. The number of hydrogen-bond acceptors (Lipinski definition) is 4. The number of fused-ring (bicyclic) bond motifs is 1. The lowest BCUT2D eigenvalue weighted by atomic mass is 10.1. The number of aromatic nitrogens is 4. The summed E-state index contributed by atoms with van der Waals surface area (Å²) in [4.78, 5) is 26.8. The summed E-state index contributed by atoms with van der Waals surface area (Å²) in [5, 5.41) is 12.3. The molecular weight excluding hydrogens is 404 g/mol. The number of nitrogens with zero attached hydrogens (tertiary/aromatic N) is 5. The number of hydrogen-bond donors (Lipinski definition) is 1. The molecule has 0 aliphatic carbocycles. The van der Waals surface area contributed by atoms with E-state index >= 15 is 0 Å². The second-order valence-corrected chi connectivity index (χ2v) is 7.80. The van der Waals surface area contributed by atoms with E-state index in [-0.39, 0.29) is 24.7 Å². The lowest BCUT2D eigenvalue weighted by Crippen LogP contribution is -2.37. The van der Waals surface area contributed by atoms with Gasteiger partial charge in [-0.1, -0.05) is 23.7 Å².